The first-order valence-electron chi connectivity index (χ1n) is 10.4. The number of esters is 1. The molecule has 1 heterocycles. The SMILES string of the molecule is CCOC(=O)C1C[C@@H]2C[C@@H](C)C[C@H]3C2C[C@H](CN3C(=O)OC(C)(C)C)C1O. The lowest BCUT2D eigenvalue weighted by Crippen LogP contribution is -2.57. The standard InChI is InChI=1S/C21H35NO5/c1-6-26-19(24)16-9-13-7-12(2)8-17-15(13)10-14(18(16)23)11-22(17)20(25)27-21(3,4)5/h12-18,23H,6-11H2,1-5H3/t12-,13+,14-,15?,16?,17+,18?/m1/s1. The molecule has 3 rings (SSSR count). The summed E-state index contributed by atoms with van der Waals surface area (Å²) in [5, 5.41) is 11.0. The topological polar surface area (TPSA) is 76.1 Å². The number of aliphatic hydroxyl groups is 1. The van der Waals surface area contributed by atoms with Gasteiger partial charge in [0, 0.05) is 18.5 Å². The Hall–Kier alpha value is -1.30. The van der Waals surface area contributed by atoms with Crippen molar-refractivity contribution < 1.29 is 24.2 Å². The molecule has 2 aliphatic carbocycles. The molecule has 6 nitrogen and oxygen atoms in total. The molecule has 27 heavy (non-hydrogen) atoms. The van der Waals surface area contributed by atoms with Crippen LogP contribution in [-0.2, 0) is 14.3 Å². The van der Waals surface area contributed by atoms with Gasteiger partial charge in [-0.2, -0.15) is 0 Å². The predicted molar refractivity (Wildman–Crippen MR) is 101 cm³/mol. The number of amides is 1. The van der Waals surface area contributed by atoms with Gasteiger partial charge in [0.2, 0.25) is 0 Å². The Kier molecular flexibility index (Phi) is 5.76. The van der Waals surface area contributed by atoms with Crippen molar-refractivity contribution in [3.63, 3.8) is 0 Å². The Morgan fingerprint density at radius 3 is 2.44 bits per heavy atom. The van der Waals surface area contributed by atoms with Gasteiger partial charge in [-0.1, -0.05) is 6.92 Å². The highest BCUT2D eigenvalue weighted by Crippen LogP contribution is 2.50. The van der Waals surface area contributed by atoms with Crippen LogP contribution in [0.25, 0.3) is 0 Å². The number of nitrogens with zero attached hydrogens (tertiary/aromatic N) is 1. The summed E-state index contributed by atoms with van der Waals surface area (Å²) in [4.78, 5) is 27.3. The van der Waals surface area contributed by atoms with E-state index in [2.05, 4.69) is 6.92 Å². The van der Waals surface area contributed by atoms with Crippen molar-refractivity contribution in [2.45, 2.75) is 78.0 Å². The van der Waals surface area contributed by atoms with Crippen LogP contribution in [0.3, 0.4) is 0 Å². The lowest BCUT2D eigenvalue weighted by molar-refractivity contribution is -0.154. The molecule has 0 aromatic carbocycles. The molecule has 6 heteroatoms. The van der Waals surface area contributed by atoms with E-state index in [1.807, 2.05) is 25.7 Å². The lowest BCUT2D eigenvalue weighted by Gasteiger charge is -2.50. The normalized spacial score (nSPS) is 38.7. The van der Waals surface area contributed by atoms with E-state index in [4.69, 9.17) is 9.47 Å². The van der Waals surface area contributed by atoms with E-state index in [1.54, 1.807) is 6.92 Å². The molecule has 154 valence electrons. The second kappa shape index (κ2) is 7.61. The van der Waals surface area contributed by atoms with Gasteiger partial charge in [-0.25, -0.2) is 4.79 Å². The van der Waals surface area contributed by atoms with E-state index in [1.165, 1.54) is 0 Å². The van der Waals surface area contributed by atoms with E-state index in [-0.39, 0.29) is 24.0 Å². The fourth-order valence-corrected chi connectivity index (χ4v) is 5.54. The van der Waals surface area contributed by atoms with Gasteiger partial charge in [0.15, 0.2) is 0 Å². The van der Waals surface area contributed by atoms with Crippen molar-refractivity contribution in [3.8, 4) is 0 Å². The molecule has 2 saturated carbocycles. The Labute approximate surface area is 162 Å². The number of aliphatic hydroxyl groups excluding tert-OH is 1. The number of piperidine rings is 1. The summed E-state index contributed by atoms with van der Waals surface area (Å²) in [5.41, 5.74) is -0.550. The Balaban J connectivity index is 1.89. The second-order valence-electron chi connectivity index (χ2n) is 9.78. The van der Waals surface area contributed by atoms with Crippen LogP contribution in [0, 0.1) is 29.6 Å². The molecule has 1 aliphatic heterocycles. The molecule has 0 radical (unpaired) electrons. The van der Waals surface area contributed by atoms with E-state index < -0.39 is 17.6 Å². The number of likely N-dealkylation sites (tertiary alicyclic amines) is 1. The third-order valence-corrected chi connectivity index (χ3v) is 6.52. The zero-order valence-electron chi connectivity index (χ0n) is 17.3. The molecular weight excluding hydrogens is 346 g/mol. The van der Waals surface area contributed by atoms with E-state index >= 15 is 0 Å². The third kappa shape index (κ3) is 4.25. The van der Waals surface area contributed by atoms with Crippen molar-refractivity contribution in [2.75, 3.05) is 13.2 Å². The fraction of sp³-hybridized carbons (Fsp3) is 0.905. The number of ether oxygens (including phenoxy) is 2. The lowest BCUT2D eigenvalue weighted by atomic mass is 9.66. The minimum atomic E-state index is -0.768. The Bertz CT molecular complexity index is 571. The van der Waals surface area contributed by atoms with Crippen LogP contribution in [0.1, 0.15) is 60.3 Å². The molecule has 3 aliphatic rings. The van der Waals surface area contributed by atoms with Crippen LogP contribution in [0.2, 0.25) is 0 Å². The highest BCUT2D eigenvalue weighted by Gasteiger charge is 2.53. The summed E-state index contributed by atoms with van der Waals surface area (Å²) in [6.45, 7) is 10.4. The molecule has 2 bridgehead atoms. The van der Waals surface area contributed by atoms with Crippen molar-refractivity contribution in [2.24, 2.45) is 29.6 Å². The molecular formula is C21H35NO5. The summed E-state index contributed by atoms with van der Waals surface area (Å²) in [6, 6.07) is 0.137. The van der Waals surface area contributed by atoms with Gasteiger partial charge in [-0.3, -0.25) is 4.79 Å². The summed E-state index contributed by atoms with van der Waals surface area (Å²) in [5.74, 6) is 0.243. The van der Waals surface area contributed by atoms with Gasteiger partial charge in [-0.05, 0) is 71.1 Å². The number of carbonyl (C=O) groups excluding carboxylic acids is 2. The van der Waals surface area contributed by atoms with Gasteiger partial charge in [-0.15, -0.1) is 0 Å². The summed E-state index contributed by atoms with van der Waals surface area (Å²) in [6.07, 6.45) is 2.47. The second-order valence-corrected chi connectivity index (χ2v) is 9.78. The predicted octanol–water partition coefficient (Wildman–Crippen LogP) is 3.22. The maximum Gasteiger partial charge on any atom is 0.410 e. The quantitative estimate of drug-likeness (QED) is 0.743. The summed E-state index contributed by atoms with van der Waals surface area (Å²) >= 11 is 0. The number of hydrogen-bond acceptors (Lipinski definition) is 5. The minimum absolute atomic E-state index is 0.105. The molecule has 3 unspecified atom stereocenters. The Morgan fingerprint density at radius 1 is 1.11 bits per heavy atom. The molecule has 1 saturated heterocycles. The highest BCUT2D eigenvalue weighted by atomic mass is 16.6. The minimum Gasteiger partial charge on any atom is -0.466 e. The van der Waals surface area contributed by atoms with E-state index in [0.29, 0.717) is 37.3 Å². The van der Waals surface area contributed by atoms with E-state index in [9.17, 15) is 14.7 Å². The first kappa shape index (κ1) is 20.4. The van der Waals surface area contributed by atoms with Crippen LogP contribution in [0.5, 0.6) is 0 Å². The first-order valence-corrected chi connectivity index (χ1v) is 10.4. The molecule has 7 atom stereocenters. The van der Waals surface area contributed by atoms with Gasteiger partial charge in [0.05, 0.1) is 18.6 Å². The van der Waals surface area contributed by atoms with Gasteiger partial charge in [0.1, 0.15) is 5.60 Å². The van der Waals surface area contributed by atoms with Crippen molar-refractivity contribution in [3.05, 3.63) is 0 Å². The number of hydrogen-bond donors (Lipinski definition) is 1. The van der Waals surface area contributed by atoms with Crippen LogP contribution in [-0.4, -0.2) is 53.0 Å². The smallest absolute Gasteiger partial charge is 0.410 e. The van der Waals surface area contributed by atoms with Crippen LogP contribution >= 0.6 is 0 Å². The maximum atomic E-state index is 12.9. The molecule has 0 aromatic rings. The molecule has 0 aromatic heterocycles. The Morgan fingerprint density at radius 2 is 1.81 bits per heavy atom. The van der Waals surface area contributed by atoms with E-state index in [0.717, 1.165) is 19.3 Å². The molecule has 3 fully saturated rings. The maximum absolute atomic E-state index is 12.9. The third-order valence-electron chi connectivity index (χ3n) is 6.52. The number of carbonyl (C=O) groups is 2. The average molecular weight is 382 g/mol. The largest absolute Gasteiger partial charge is 0.466 e. The summed E-state index contributed by atoms with van der Waals surface area (Å²) < 4.78 is 10.9. The molecule has 1 N–H and O–H groups in total. The van der Waals surface area contributed by atoms with Crippen molar-refractivity contribution >= 4 is 12.1 Å². The van der Waals surface area contributed by atoms with Gasteiger partial charge < -0.3 is 19.5 Å². The molecule has 1 amide bonds. The molecule has 0 spiro atoms. The van der Waals surface area contributed by atoms with Gasteiger partial charge >= 0.3 is 12.1 Å². The van der Waals surface area contributed by atoms with Crippen molar-refractivity contribution in [1.29, 1.82) is 0 Å². The average Bonchev–Trinajstić information content (AvgIpc) is 2.68. The number of fused-ring (bicyclic) bond motifs is 1. The monoisotopic (exact) mass is 381 g/mol. The van der Waals surface area contributed by atoms with Gasteiger partial charge in [0.25, 0.3) is 0 Å². The zero-order chi connectivity index (χ0) is 19.9. The number of rotatable bonds is 2. The first-order chi connectivity index (χ1) is 12.6. The summed E-state index contributed by atoms with van der Waals surface area (Å²) in [7, 11) is 0. The van der Waals surface area contributed by atoms with Crippen LogP contribution in [0.4, 0.5) is 4.79 Å². The van der Waals surface area contributed by atoms with Crippen molar-refractivity contribution in [1.82, 2.24) is 4.90 Å². The van der Waals surface area contributed by atoms with Crippen LogP contribution < -0.4 is 0 Å². The van der Waals surface area contributed by atoms with Crippen LogP contribution in [0.15, 0.2) is 0 Å². The zero-order valence-corrected chi connectivity index (χ0v) is 17.3. The highest BCUT2D eigenvalue weighted by molar-refractivity contribution is 5.73. The fourth-order valence-electron chi connectivity index (χ4n) is 5.54.